The smallest absolute Gasteiger partial charge is 0.254 e. The summed E-state index contributed by atoms with van der Waals surface area (Å²) in [4.78, 5) is 18.5. The maximum atomic E-state index is 12.7. The molecule has 0 N–H and O–H groups in total. The topological polar surface area (TPSA) is 70.1 Å². The Morgan fingerprint density at radius 2 is 1.81 bits per heavy atom. The van der Waals surface area contributed by atoms with Gasteiger partial charge in [-0.2, -0.15) is 0 Å². The first-order chi connectivity index (χ1) is 12.6. The van der Waals surface area contributed by atoms with E-state index in [0.29, 0.717) is 46.8 Å². The maximum Gasteiger partial charge on any atom is 0.254 e. The summed E-state index contributed by atoms with van der Waals surface area (Å²) in [6, 6.07) is 6.71. The molecule has 2 heterocycles. The third-order valence-corrected chi connectivity index (χ3v) is 4.34. The van der Waals surface area contributed by atoms with Gasteiger partial charge in [-0.3, -0.25) is 4.79 Å². The van der Waals surface area contributed by atoms with Gasteiger partial charge in [0.1, 0.15) is 11.1 Å². The van der Waals surface area contributed by atoms with Gasteiger partial charge < -0.3 is 23.8 Å². The molecular weight excluding hydrogens is 360 g/mol. The van der Waals surface area contributed by atoms with Gasteiger partial charge in [0.05, 0.1) is 34.4 Å². The van der Waals surface area contributed by atoms with E-state index in [2.05, 4.69) is 4.98 Å². The van der Waals surface area contributed by atoms with Crippen LogP contribution in [0.1, 0.15) is 10.4 Å². The van der Waals surface area contributed by atoms with Crippen molar-refractivity contribution in [3.8, 4) is 23.1 Å². The summed E-state index contributed by atoms with van der Waals surface area (Å²) in [6.45, 7) is 0.894. The molecule has 2 aromatic rings. The number of aromatic nitrogens is 1. The van der Waals surface area contributed by atoms with Crippen LogP contribution in [-0.2, 0) is 0 Å². The Morgan fingerprint density at radius 1 is 1.15 bits per heavy atom. The van der Waals surface area contributed by atoms with Gasteiger partial charge in [0.25, 0.3) is 5.91 Å². The second-order valence-electron chi connectivity index (χ2n) is 5.65. The fraction of sp³-hybridized carbons (Fsp3) is 0.333. The largest absolute Gasteiger partial charge is 0.493 e. The van der Waals surface area contributed by atoms with E-state index < -0.39 is 0 Å². The number of methoxy groups -OCH3 is 3. The molecule has 1 aliphatic rings. The molecule has 7 nitrogen and oxygen atoms in total. The van der Waals surface area contributed by atoms with Crippen LogP contribution >= 0.6 is 11.6 Å². The van der Waals surface area contributed by atoms with Crippen LogP contribution < -0.4 is 18.9 Å². The summed E-state index contributed by atoms with van der Waals surface area (Å²) in [6.07, 6.45) is 1.46. The summed E-state index contributed by atoms with van der Waals surface area (Å²) in [5.74, 6) is 1.55. The number of carbonyl (C=O) groups excluding carboxylic acids is 1. The minimum absolute atomic E-state index is 0.142. The van der Waals surface area contributed by atoms with E-state index in [9.17, 15) is 4.79 Å². The lowest BCUT2D eigenvalue weighted by Gasteiger charge is -2.38. The highest BCUT2D eigenvalue weighted by Gasteiger charge is 2.34. The van der Waals surface area contributed by atoms with Crippen molar-refractivity contribution in [2.45, 2.75) is 6.10 Å². The van der Waals surface area contributed by atoms with Crippen LogP contribution in [0.3, 0.4) is 0 Å². The van der Waals surface area contributed by atoms with Gasteiger partial charge in [-0.05, 0) is 24.3 Å². The Hall–Kier alpha value is -2.67. The Balaban J connectivity index is 1.69. The first-order valence-corrected chi connectivity index (χ1v) is 8.31. The predicted molar refractivity (Wildman–Crippen MR) is 95.7 cm³/mol. The van der Waals surface area contributed by atoms with Gasteiger partial charge >= 0.3 is 0 Å². The molecule has 1 aromatic carbocycles. The number of carbonyl (C=O) groups is 1. The van der Waals surface area contributed by atoms with Crippen molar-refractivity contribution < 1.29 is 23.7 Å². The molecule has 0 aliphatic carbocycles. The summed E-state index contributed by atoms with van der Waals surface area (Å²) in [5.41, 5.74) is 0.453. The fourth-order valence-electron chi connectivity index (χ4n) is 2.68. The zero-order valence-corrected chi connectivity index (χ0v) is 15.4. The van der Waals surface area contributed by atoms with Gasteiger partial charge in [0.2, 0.25) is 11.6 Å². The van der Waals surface area contributed by atoms with Gasteiger partial charge in [-0.15, -0.1) is 0 Å². The third-order valence-electron chi connectivity index (χ3n) is 4.05. The number of benzene rings is 1. The summed E-state index contributed by atoms with van der Waals surface area (Å²) in [7, 11) is 4.54. The van der Waals surface area contributed by atoms with Gasteiger partial charge in [0.15, 0.2) is 11.5 Å². The van der Waals surface area contributed by atoms with Crippen molar-refractivity contribution in [3.05, 3.63) is 41.0 Å². The van der Waals surface area contributed by atoms with E-state index in [1.54, 1.807) is 35.4 Å². The molecule has 1 aliphatic heterocycles. The second-order valence-corrected chi connectivity index (χ2v) is 6.06. The number of amides is 1. The van der Waals surface area contributed by atoms with E-state index in [1.807, 2.05) is 0 Å². The third kappa shape index (κ3) is 3.48. The number of ether oxygens (including phenoxy) is 4. The van der Waals surface area contributed by atoms with Gasteiger partial charge in [-0.1, -0.05) is 11.6 Å². The molecule has 8 heteroatoms. The average molecular weight is 379 g/mol. The van der Waals surface area contributed by atoms with E-state index >= 15 is 0 Å². The van der Waals surface area contributed by atoms with Crippen LogP contribution in [0.2, 0.25) is 5.02 Å². The van der Waals surface area contributed by atoms with Crippen molar-refractivity contribution in [1.29, 1.82) is 0 Å². The standard InChI is InChI=1S/C18H19ClN2O5/c1-23-14-7-11(8-15(24-2)16(14)25-3)18(22)21-9-12(10-21)26-17-13(19)5-4-6-20-17/h4-8,12H,9-10H2,1-3H3. The van der Waals surface area contributed by atoms with Crippen molar-refractivity contribution in [2.24, 2.45) is 0 Å². The van der Waals surface area contributed by atoms with Crippen LogP contribution in [0.25, 0.3) is 0 Å². The second kappa shape index (κ2) is 7.70. The number of likely N-dealkylation sites (tertiary alicyclic amines) is 1. The minimum Gasteiger partial charge on any atom is -0.493 e. The lowest BCUT2D eigenvalue weighted by atomic mass is 10.1. The Morgan fingerprint density at radius 3 is 2.35 bits per heavy atom. The Bertz CT molecular complexity index is 783. The first kappa shape index (κ1) is 18.1. The Kier molecular flexibility index (Phi) is 5.37. The molecule has 0 atom stereocenters. The number of hydrogen-bond acceptors (Lipinski definition) is 6. The zero-order valence-electron chi connectivity index (χ0n) is 14.7. The maximum absolute atomic E-state index is 12.7. The average Bonchev–Trinajstić information content (AvgIpc) is 2.63. The molecule has 1 fully saturated rings. The highest BCUT2D eigenvalue weighted by atomic mass is 35.5. The molecule has 138 valence electrons. The number of nitrogens with zero attached hydrogens (tertiary/aromatic N) is 2. The molecule has 1 aromatic heterocycles. The molecule has 0 spiro atoms. The summed E-state index contributed by atoms with van der Waals surface area (Å²) in [5, 5.41) is 0.446. The monoisotopic (exact) mass is 378 g/mol. The van der Waals surface area contributed by atoms with E-state index in [0.717, 1.165) is 0 Å². The van der Waals surface area contributed by atoms with E-state index in [-0.39, 0.29) is 12.0 Å². The van der Waals surface area contributed by atoms with Crippen molar-refractivity contribution in [1.82, 2.24) is 9.88 Å². The lowest BCUT2D eigenvalue weighted by Crippen LogP contribution is -2.56. The van der Waals surface area contributed by atoms with Crippen LogP contribution in [0.5, 0.6) is 23.1 Å². The highest BCUT2D eigenvalue weighted by Crippen LogP contribution is 2.38. The van der Waals surface area contributed by atoms with Crippen LogP contribution in [0.4, 0.5) is 0 Å². The number of rotatable bonds is 6. The zero-order chi connectivity index (χ0) is 18.7. The molecule has 0 bridgehead atoms. The molecule has 1 amide bonds. The molecule has 3 rings (SSSR count). The fourth-order valence-corrected chi connectivity index (χ4v) is 2.85. The van der Waals surface area contributed by atoms with Crippen LogP contribution in [0, 0.1) is 0 Å². The molecule has 0 radical (unpaired) electrons. The number of pyridine rings is 1. The van der Waals surface area contributed by atoms with Crippen molar-refractivity contribution in [2.75, 3.05) is 34.4 Å². The number of hydrogen-bond donors (Lipinski definition) is 0. The highest BCUT2D eigenvalue weighted by molar-refractivity contribution is 6.31. The molecule has 26 heavy (non-hydrogen) atoms. The quantitative estimate of drug-likeness (QED) is 0.769. The van der Waals surface area contributed by atoms with Gasteiger partial charge in [-0.25, -0.2) is 4.98 Å². The van der Waals surface area contributed by atoms with Crippen LogP contribution in [0.15, 0.2) is 30.5 Å². The van der Waals surface area contributed by atoms with Gasteiger partial charge in [0, 0.05) is 11.8 Å². The normalized spacial score (nSPS) is 13.8. The van der Waals surface area contributed by atoms with Crippen molar-refractivity contribution >= 4 is 17.5 Å². The molecule has 1 saturated heterocycles. The predicted octanol–water partition coefficient (Wildman–Crippen LogP) is 2.66. The lowest BCUT2D eigenvalue weighted by molar-refractivity contribution is 0.0160. The molecular formula is C18H19ClN2O5. The Labute approximate surface area is 156 Å². The molecule has 0 unspecified atom stereocenters. The first-order valence-electron chi connectivity index (χ1n) is 7.93. The van der Waals surface area contributed by atoms with E-state index in [1.165, 1.54) is 21.3 Å². The molecule has 0 saturated carbocycles. The van der Waals surface area contributed by atoms with E-state index in [4.69, 9.17) is 30.5 Å². The SMILES string of the molecule is COc1cc(C(=O)N2CC(Oc3ncccc3Cl)C2)cc(OC)c1OC. The minimum atomic E-state index is -0.145. The summed E-state index contributed by atoms with van der Waals surface area (Å²) < 4.78 is 21.6. The summed E-state index contributed by atoms with van der Waals surface area (Å²) >= 11 is 6.03. The number of halogens is 1. The van der Waals surface area contributed by atoms with Crippen LogP contribution in [-0.4, -0.2) is 56.3 Å². The van der Waals surface area contributed by atoms with Crippen molar-refractivity contribution in [3.63, 3.8) is 0 Å².